The minimum absolute atomic E-state index is 0.0166. The lowest BCUT2D eigenvalue weighted by molar-refractivity contribution is -0.193. The van der Waals surface area contributed by atoms with E-state index in [1.54, 1.807) is 6.92 Å². The van der Waals surface area contributed by atoms with Crippen molar-refractivity contribution in [3.8, 4) is 0 Å². The smallest absolute Gasteiger partial charge is 0.465 e. The molecule has 0 aromatic heterocycles. The van der Waals surface area contributed by atoms with E-state index in [4.69, 9.17) is 0 Å². The van der Waals surface area contributed by atoms with Crippen LogP contribution in [0.25, 0.3) is 0 Å². The van der Waals surface area contributed by atoms with E-state index in [9.17, 15) is 32.7 Å². The minimum atomic E-state index is -4.95. The monoisotopic (exact) mass is 433 g/mol. The molecule has 1 N–H and O–H groups in total. The van der Waals surface area contributed by atoms with Gasteiger partial charge < -0.3 is 14.9 Å². The number of nitrogens with zero attached hydrogens (tertiary/aromatic N) is 3. The first kappa shape index (κ1) is 22.7. The maximum absolute atomic E-state index is 13.3. The van der Waals surface area contributed by atoms with Gasteiger partial charge in [0.2, 0.25) is 5.91 Å². The number of amides is 3. The number of halogens is 3. The molecule has 30 heavy (non-hydrogen) atoms. The topological polar surface area (TPSA) is 81.2 Å². The summed E-state index contributed by atoms with van der Waals surface area (Å²) in [6.45, 7) is 7.46. The third-order valence-corrected chi connectivity index (χ3v) is 6.47. The zero-order valence-corrected chi connectivity index (χ0v) is 17.8. The number of hydrogen-bond acceptors (Lipinski definition) is 3. The van der Waals surface area contributed by atoms with Crippen LogP contribution in [0.1, 0.15) is 59.8 Å². The number of rotatable bonds is 2. The molecule has 2 aliphatic heterocycles. The lowest BCUT2D eigenvalue weighted by Gasteiger charge is -2.47. The maximum atomic E-state index is 13.3. The Hall–Kier alpha value is -2.00. The van der Waals surface area contributed by atoms with Crippen molar-refractivity contribution in [2.45, 2.75) is 89.6 Å². The van der Waals surface area contributed by atoms with Gasteiger partial charge in [-0.05, 0) is 44.4 Å². The molecule has 0 aromatic carbocycles. The van der Waals surface area contributed by atoms with Gasteiger partial charge in [-0.25, -0.2) is 4.79 Å². The van der Waals surface area contributed by atoms with E-state index in [-0.39, 0.29) is 30.5 Å². The summed E-state index contributed by atoms with van der Waals surface area (Å²) in [4.78, 5) is 40.7. The fourth-order valence-electron chi connectivity index (χ4n) is 4.95. The zero-order chi connectivity index (χ0) is 22.6. The van der Waals surface area contributed by atoms with Crippen molar-refractivity contribution in [3.63, 3.8) is 0 Å². The molecule has 2 heterocycles. The van der Waals surface area contributed by atoms with Gasteiger partial charge in [0.1, 0.15) is 6.04 Å². The lowest BCUT2D eigenvalue weighted by atomic mass is 9.87. The Morgan fingerprint density at radius 1 is 1.10 bits per heavy atom. The van der Waals surface area contributed by atoms with Crippen molar-refractivity contribution in [2.24, 2.45) is 5.41 Å². The van der Waals surface area contributed by atoms with E-state index < -0.39 is 35.8 Å². The summed E-state index contributed by atoms with van der Waals surface area (Å²) in [5, 5.41) is 9.76. The predicted octanol–water partition coefficient (Wildman–Crippen LogP) is 3.09. The second-order valence-corrected chi connectivity index (χ2v) is 10.2. The zero-order valence-electron chi connectivity index (χ0n) is 17.8. The normalized spacial score (nSPS) is 28.8. The van der Waals surface area contributed by atoms with Crippen LogP contribution in [0.15, 0.2) is 0 Å². The van der Waals surface area contributed by atoms with Crippen molar-refractivity contribution in [2.75, 3.05) is 13.1 Å². The highest BCUT2D eigenvalue weighted by molar-refractivity contribution is 5.88. The lowest BCUT2D eigenvalue weighted by Crippen LogP contribution is -2.65. The SMILES string of the molecule is C[C@H]1CN(C(=O)C(F)(F)F)C2(CC2)CN1C(=O)[C@@H]1CC[C@@H](CC(C)(C)C)N1C(=O)O. The van der Waals surface area contributed by atoms with Crippen molar-refractivity contribution in [3.05, 3.63) is 0 Å². The number of carboxylic acid groups (broad SMARTS) is 1. The number of alkyl halides is 3. The number of likely N-dealkylation sites (tertiary alicyclic amines) is 1. The van der Waals surface area contributed by atoms with Crippen LogP contribution in [0, 0.1) is 5.41 Å². The molecular formula is C20H30F3N3O4. The summed E-state index contributed by atoms with van der Waals surface area (Å²) in [5.41, 5.74) is -1.09. The number of carbonyl (C=O) groups is 3. The third kappa shape index (κ3) is 4.23. The second-order valence-electron chi connectivity index (χ2n) is 10.2. The fourth-order valence-corrected chi connectivity index (χ4v) is 4.95. The Labute approximate surface area is 174 Å². The van der Waals surface area contributed by atoms with Gasteiger partial charge in [-0.1, -0.05) is 20.8 Å². The Bertz CT molecular complexity index is 730. The summed E-state index contributed by atoms with van der Waals surface area (Å²) >= 11 is 0. The standard InChI is InChI=1S/C20H30F3N3O4/c1-12-10-25(16(28)20(21,22)23)19(7-8-19)11-24(12)15(27)14-6-5-13(9-18(2,3)4)26(14)17(29)30/h12-14H,5-11H2,1-4H3,(H,29,30)/t12-,13-,14-/m0/s1. The first-order valence-electron chi connectivity index (χ1n) is 10.4. The van der Waals surface area contributed by atoms with E-state index in [0.29, 0.717) is 32.1 Å². The van der Waals surface area contributed by atoms with Crippen LogP contribution in [0.5, 0.6) is 0 Å². The predicted molar refractivity (Wildman–Crippen MR) is 102 cm³/mol. The minimum Gasteiger partial charge on any atom is -0.465 e. The molecule has 1 aliphatic carbocycles. The average molecular weight is 433 g/mol. The van der Waals surface area contributed by atoms with E-state index in [2.05, 4.69) is 0 Å². The average Bonchev–Trinajstić information content (AvgIpc) is 3.24. The Balaban J connectivity index is 1.77. The van der Waals surface area contributed by atoms with Gasteiger partial charge in [0.15, 0.2) is 0 Å². The van der Waals surface area contributed by atoms with Gasteiger partial charge in [-0.15, -0.1) is 0 Å². The molecule has 0 unspecified atom stereocenters. The molecule has 0 aromatic rings. The number of piperazine rings is 1. The van der Waals surface area contributed by atoms with Gasteiger partial charge in [0.25, 0.3) is 0 Å². The molecule has 170 valence electrons. The van der Waals surface area contributed by atoms with Gasteiger partial charge >= 0.3 is 18.2 Å². The summed E-state index contributed by atoms with van der Waals surface area (Å²) in [7, 11) is 0. The summed E-state index contributed by atoms with van der Waals surface area (Å²) in [6.07, 6.45) is -3.70. The van der Waals surface area contributed by atoms with Crippen LogP contribution in [-0.2, 0) is 9.59 Å². The van der Waals surface area contributed by atoms with Gasteiger partial charge in [0, 0.05) is 25.2 Å². The van der Waals surface area contributed by atoms with Crippen molar-refractivity contribution in [1.82, 2.24) is 14.7 Å². The largest absolute Gasteiger partial charge is 0.471 e. The molecule has 3 rings (SSSR count). The molecule has 3 aliphatic rings. The molecule has 3 atom stereocenters. The molecule has 2 saturated heterocycles. The third-order valence-electron chi connectivity index (χ3n) is 6.47. The van der Waals surface area contributed by atoms with Gasteiger partial charge in [-0.2, -0.15) is 13.2 Å². The molecule has 0 bridgehead atoms. The molecule has 1 spiro atoms. The van der Waals surface area contributed by atoms with Gasteiger partial charge in [-0.3, -0.25) is 14.5 Å². The highest BCUT2D eigenvalue weighted by atomic mass is 19.4. The number of hydrogen-bond donors (Lipinski definition) is 1. The van der Waals surface area contributed by atoms with E-state index >= 15 is 0 Å². The van der Waals surface area contributed by atoms with Crippen molar-refractivity contribution >= 4 is 17.9 Å². The van der Waals surface area contributed by atoms with Crippen LogP contribution < -0.4 is 0 Å². The van der Waals surface area contributed by atoms with E-state index in [0.717, 1.165) is 4.90 Å². The maximum Gasteiger partial charge on any atom is 0.471 e. The van der Waals surface area contributed by atoms with E-state index in [1.807, 2.05) is 20.8 Å². The summed E-state index contributed by atoms with van der Waals surface area (Å²) in [6, 6.07) is -1.72. The molecular weight excluding hydrogens is 403 g/mol. The van der Waals surface area contributed by atoms with Crippen LogP contribution in [0.4, 0.5) is 18.0 Å². The molecule has 10 heteroatoms. The van der Waals surface area contributed by atoms with Crippen LogP contribution in [-0.4, -0.2) is 80.6 Å². The molecule has 1 saturated carbocycles. The van der Waals surface area contributed by atoms with E-state index in [1.165, 1.54) is 9.80 Å². The summed E-state index contributed by atoms with van der Waals surface area (Å²) in [5.74, 6) is -2.23. The summed E-state index contributed by atoms with van der Waals surface area (Å²) < 4.78 is 39.0. The molecule has 7 nitrogen and oxygen atoms in total. The Kier molecular flexibility index (Phi) is 5.52. The van der Waals surface area contributed by atoms with Crippen LogP contribution >= 0.6 is 0 Å². The fraction of sp³-hybridized carbons (Fsp3) is 0.850. The Morgan fingerprint density at radius 2 is 1.70 bits per heavy atom. The van der Waals surface area contributed by atoms with Crippen molar-refractivity contribution in [1.29, 1.82) is 0 Å². The molecule has 0 radical (unpaired) electrons. The van der Waals surface area contributed by atoms with Crippen LogP contribution in [0.2, 0.25) is 0 Å². The highest BCUT2D eigenvalue weighted by Gasteiger charge is 2.60. The quantitative estimate of drug-likeness (QED) is 0.726. The van der Waals surface area contributed by atoms with Crippen molar-refractivity contribution < 1.29 is 32.7 Å². The van der Waals surface area contributed by atoms with Crippen LogP contribution in [0.3, 0.4) is 0 Å². The first-order chi connectivity index (χ1) is 13.7. The molecule has 3 amide bonds. The molecule has 3 fully saturated rings. The van der Waals surface area contributed by atoms with Gasteiger partial charge in [0.05, 0.1) is 5.54 Å². The first-order valence-corrected chi connectivity index (χ1v) is 10.4. The highest BCUT2D eigenvalue weighted by Crippen LogP contribution is 2.47. The second kappa shape index (κ2) is 7.30. The number of carbonyl (C=O) groups excluding carboxylic acids is 2. The Morgan fingerprint density at radius 3 is 2.17 bits per heavy atom.